The topological polar surface area (TPSA) is 96.7 Å². The minimum Gasteiger partial charge on any atom is -0.453 e. The molecule has 1 aromatic carbocycles. The Labute approximate surface area is 202 Å². The number of aromatic nitrogens is 2. The first kappa shape index (κ1) is 22.6. The van der Waals surface area contributed by atoms with E-state index in [-0.39, 0.29) is 22.1 Å². The third-order valence-corrected chi connectivity index (χ3v) is 7.49. The number of amides is 2. The summed E-state index contributed by atoms with van der Waals surface area (Å²) >= 11 is 7.54. The van der Waals surface area contributed by atoms with Gasteiger partial charge in [0.1, 0.15) is 12.0 Å². The number of benzene rings is 1. The van der Waals surface area contributed by atoms with Crippen LogP contribution in [0.5, 0.6) is 11.5 Å². The minimum absolute atomic E-state index is 0.0767. The average Bonchev–Trinajstić information content (AvgIpc) is 3.52. The maximum atomic E-state index is 15.5. The van der Waals surface area contributed by atoms with Crippen LogP contribution >= 0.6 is 22.9 Å². The monoisotopic (exact) mass is 502 g/mol. The van der Waals surface area contributed by atoms with E-state index in [4.69, 9.17) is 16.3 Å². The number of pyridine rings is 1. The lowest BCUT2D eigenvalue weighted by atomic mass is 10.2. The van der Waals surface area contributed by atoms with Crippen molar-refractivity contribution in [2.24, 2.45) is 0 Å². The van der Waals surface area contributed by atoms with Crippen molar-refractivity contribution < 1.29 is 23.8 Å². The van der Waals surface area contributed by atoms with Crippen molar-refractivity contribution in [1.29, 1.82) is 0 Å². The van der Waals surface area contributed by atoms with Crippen LogP contribution in [-0.2, 0) is 0 Å². The van der Waals surface area contributed by atoms with Gasteiger partial charge < -0.3 is 20.1 Å². The van der Waals surface area contributed by atoms with E-state index >= 15 is 4.39 Å². The fourth-order valence-electron chi connectivity index (χ4n) is 4.20. The van der Waals surface area contributed by atoms with Gasteiger partial charge in [-0.3, -0.25) is 14.3 Å². The molecular weight excluding hydrogens is 483 g/mol. The Morgan fingerprint density at radius 1 is 1.32 bits per heavy atom. The minimum atomic E-state index is -0.794. The Balaban J connectivity index is 1.54. The van der Waals surface area contributed by atoms with Gasteiger partial charge in [-0.05, 0) is 38.0 Å². The molecule has 2 amide bonds. The molecule has 1 saturated heterocycles. The molecule has 2 N–H and O–H groups in total. The number of hydrogen-bond acceptors (Lipinski definition) is 6. The largest absolute Gasteiger partial charge is 0.453 e. The second-order valence-electron chi connectivity index (χ2n) is 7.92. The highest BCUT2D eigenvalue weighted by molar-refractivity contribution is 7.21. The van der Waals surface area contributed by atoms with Crippen molar-refractivity contribution in [3.63, 3.8) is 0 Å². The van der Waals surface area contributed by atoms with Crippen LogP contribution in [0.15, 0.2) is 30.5 Å². The molecule has 1 aliphatic heterocycles. The lowest BCUT2D eigenvalue weighted by Crippen LogP contribution is -2.34. The highest BCUT2D eigenvalue weighted by atomic mass is 35.5. The zero-order chi connectivity index (χ0) is 24.1. The second-order valence-corrected chi connectivity index (χ2v) is 9.35. The van der Waals surface area contributed by atoms with E-state index in [9.17, 15) is 14.7 Å². The fraction of sp³-hybridized carbons (Fsp3) is 0.261. The normalized spacial score (nSPS) is 15.9. The highest BCUT2D eigenvalue weighted by Crippen LogP contribution is 2.40. The number of nitrogens with one attached hydrogen (secondary N) is 1. The third-order valence-electron chi connectivity index (χ3n) is 5.90. The molecule has 176 valence electrons. The number of halogens is 2. The summed E-state index contributed by atoms with van der Waals surface area (Å²) in [6.07, 6.45) is 2.02. The number of thiophene rings is 1. The Morgan fingerprint density at radius 2 is 2.12 bits per heavy atom. The number of nitrogens with zero attached hydrogens (tertiary/aromatic N) is 3. The summed E-state index contributed by atoms with van der Waals surface area (Å²) in [4.78, 5) is 31.2. The van der Waals surface area contributed by atoms with Crippen LogP contribution in [-0.4, -0.2) is 51.3 Å². The molecule has 5 rings (SSSR count). The SMILES string of the molecule is CNC(=O)n1c(C)c(Cl)c2c(F)c(Oc3ccnc4cc(C(=O)N5CCCC5O)sc34)ccc21. The lowest BCUT2D eigenvalue weighted by molar-refractivity contribution is 0.0297. The van der Waals surface area contributed by atoms with Crippen LogP contribution in [0.3, 0.4) is 0 Å². The van der Waals surface area contributed by atoms with Gasteiger partial charge in [-0.1, -0.05) is 11.6 Å². The predicted molar refractivity (Wildman–Crippen MR) is 127 cm³/mol. The van der Waals surface area contributed by atoms with Crippen LogP contribution in [0.1, 0.15) is 28.2 Å². The molecule has 4 aromatic rings. The standard InChI is InChI=1S/C23H20ClFN4O4S/c1-11-19(24)18-13(29(11)23(32)26-2)5-6-14(20(18)25)33-15-7-8-27-12-10-16(34-21(12)15)22(31)28-9-3-4-17(28)30/h5-8,10,17,30H,3-4,9H2,1-2H3,(H,26,32). The van der Waals surface area contributed by atoms with Gasteiger partial charge in [-0.25, -0.2) is 9.18 Å². The number of rotatable bonds is 3. The van der Waals surface area contributed by atoms with Crippen LogP contribution in [0.4, 0.5) is 9.18 Å². The lowest BCUT2D eigenvalue weighted by Gasteiger charge is -2.18. The van der Waals surface area contributed by atoms with Crippen molar-refractivity contribution in [3.05, 3.63) is 51.9 Å². The number of aliphatic hydroxyl groups excluding tert-OH is 1. The van der Waals surface area contributed by atoms with Crippen molar-refractivity contribution in [3.8, 4) is 11.5 Å². The van der Waals surface area contributed by atoms with Gasteiger partial charge in [0.05, 0.1) is 31.0 Å². The van der Waals surface area contributed by atoms with Crippen molar-refractivity contribution in [2.45, 2.75) is 26.0 Å². The summed E-state index contributed by atoms with van der Waals surface area (Å²) < 4.78 is 23.3. The quantitative estimate of drug-likeness (QED) is 0.416. The molecule has 34 heavy (non-hydrogen) atoms. The van der Waals surface area contributed by atoms with E-state index in [2.05, 4.69) is 10.3 Å². The Morgan fingerprint density at radius 3 is 2.82 bits per heavy atom. The van der Waals surface area contributed by atoms with E-state index in [1.165, 1.54) is 40.1 Å². The first-order valence-electron chi connectivity index (χ1n) is 10.6. The third kappa shape index (κ3) is 3.49. The molecule has 4 heterocycles. The predicted octanol–water partition coefficient (Wildman–Crippen LogP) is 4.89. The van der Waals surface area contributed by atoms with E-state index in [1.807, 2.05) is 0 Å². The smallest absolute Gasteiger partial charge is 0.326 e. The molecule has 1 unspecified atom stereocenters. The molecule has 11 heteroatoms. The summed E-state index contributed by atoms with van der Waals surface area (Å²) in [6, 6.07) is 5.79. The van der Waals surface area contributed by atoms with Gasteiger partial charge in [0.25, 0.3) is 5.91 Å². The molecule has 0 bridgehead atoms. The molecule has 8 nitrogen and oxygen atoms in total. The molecular formula is C23H20ClFN4O4S. The van der Waals surface area contributed by atoms with Gasteiger partial charge in [-0.15, -0.1) is 11.3 Å². The van der Waals surface area contributed by atoms with E-state index in [0.29, 0.717) is 45.0 Å². The van der Waals surface area contributed by atoms with Gasteiger partial charge in [0, 0.05) is 31.5 Å². The number of aliphatic hydroxyl groups is 1. The number of carbonyl (C=O) groups is 2. The number of hydrogen-bond donors (Lipinski definition) is 2. The summed E-state index contributed by atoms with van der Waals surface area (Å²) in [7, 11) is 1.48. The zero-order valence-electron chi connectivity index (χ0n) is 18.3. The van der Waals surface area contributed by atoms with E-state index < -0.39 is 18.1 Å². The molecule has 0 radical (unpaired) electrons. The Bertz CT molecular complexity index is 1470. The van der Waals surface area contributed by atoms with E-state index in [0.717, 1.165) is 6.42 Å². The molecule has 3 aromatic heterocycles. The summed E-state index contributed by atoms with van der Waals surface area (Å²) in [5.74, 6) is -0.726. The van der Waals surface area contributed by atoms with Gasteiger partial charge in [-0.2, -0.15) is 0 Å². The van der Waals surface area contributed by atoms with Gasteiger partial charge >= 0.3 is 6.03 Å². The Hall–Kier alpha value is -3.21. The average molecular weight is 503 g/mol. The van der Waals surface area contributed by atoms with Crippen LogP contribution in [0.2, 0.25) is 5.02 Å². The highest BCUT2D eigenvalue weighted by Gasteiger charge is 2.29. The fourth-order valence-corrected chi connectivity index (χ4v) is 5.49. The first-order valence-corrected chi connectivity index (χ1v) is 11.8. The maximum Gasteiger partial charge on any atom is 0.326 e. The molecule has 0 spiro atoms. The molecule has 1 aliphatic rings. The van der Waals surface area contributed by atoms with Crippen LogP contribution in [0.25, 0.3) is 21.1 Å². The second kappa shape index (κ2) is 8.53. The number of likely N-dealkylation sites (tertiary alicyclic amines) is 1. The first-order chi connectivity index (χ1) is 16.3. The number of fused-ring (bicyclic) bond motifs is 2. The maximum absolute atomic E-state index is 15.5. The van der Waals surface area contributed by atoms with Gasteiger partial charge in [0.15, 0.2) is 11.6 Å². The van der Waals surface area contributed by atoms with Crippen molar-refractivity contribution >= 4 is 56.0 Å². The number of carbonyl (C=O) groups excluding carboxylic acids is 2. The van der Waals surface area contributed by atoms with Crippen LogP contribution < -0.4 is 10.1 Å². The molecule has 0 saturated carbocycles. The molecule has 1 atom stereocenters. The Kier molecular flexibility index (Phi) is 5.67. The summed E-state index contributed by atoms with van der Waals surface area (Å²) in [6.45, 7) is 2.12. The summed E-state index contributed by atoms with van der Waals surface area (Å²) in [5.41, 5.74) is 1.25. The zero-order valence-corrected chi connectivity index (χ0v) is 19.8. The van der Waals surface area contributed by atoms with Gasteiger partial charge in [0.2, 0.25) is 0 Å². The van der Waals surface area contributed by atoms with Crippen molar-refractivity contribution in [2.75, 3.05) is 13.6 Å². The number of ether oxygens (including phenoxy) is 1. The van der Waals surface area contributed by atoms with Crippen molar-refractivity contribution in [1.82, 2.24) is 19.8 Å². The molecule has 0 aliphatic carbocycles. The summed E-state index contributed by atoms with van der Waals surface area (Å²) in [5, 5.41) is 12.8. The van der Waals surface area contributed by atoms with Crippen LogP contribution in [0, 0.1) is 12.7 Å². The van der Waals surface area contributed by atoms with E-state index in [1.54, 1.807) is 25.1 Å². The molecule has 1 fully saturated rings.